The van der Waals surface area contributed by atoms with Gasteiger partial charge in [0.25, 0.3) is 0 Å². The molecule has 0 spiro atoms. The van der Waals surface area contributed by atoms with Gasteiger partial charge in [0.05, 0.1) is 15.8 Å². The maximum atomic E-state index is 11.7. The summed E-state index contributed by atoms with van der Waals surface area (Å²) in [5.74, 6) is 0.310. The molecule has 0 aromatic heterocycles. The van der Waals surface area contributed by atoms with Gasteiger partial charge in [0.2, 0.25) is 0 Å². The molecule has 0 aliphatic carbocycles. The molecule has 0 bridgehead atoms. The van der Waals surface area contributed by atoms with Crippen molar-refractivity contribution in [2.75, 3.05) is 0 Å². The smallest absolute Gasteiger partial charge is 0.367 e. The highest BCUT2D eigenvalue weighted by atomic mass is 79.9. The summed E-state index contributed by atoms with van der Waals surface area (Å²) in [5, 5.41) is 6.07. The number of hydrogen-bond donors (Lipinski definition) is 0. The first-order valence-electron chi connectivity index (χ1n) is 8.49. The van der Waals surface area contributed by atoms with Crippen LogP contribution >= 0.6 is 15.9 Å². The normalized spacial score (nSPS) is 15.1. The van der Waals surface area contributed by atoms with Crippen molar-refractivity contribution in [1.29, 1.82) is 0 Å². The maximum absolute atomic E-state index is 11.7. The Labute approximate surface area is 165 Å². The summed E-state index contributed by atoms with van der Waals surface area (Å²) in [5.41, 5.74) is 3.04. The second kappa shape index (κ2) is 7.37. The number of carbonyl (C=O) groups excluding carboxylic acids is 1. The predicted molar refractivity (Wildman–Crippen MR) is 110 cm³/mol. The highest BCUT2D eigenvalue weighted by Crippen LogP contribution is 2.29. The maximum Gasteiger partial charge on any atom is 0.367 e. The van der Waals surface area contributed by atoms with Crippen LogP contribution in [0.2, 0.25) is 0 Å². The van der Waals surface area contributed by atoms with Gasteiger partial charge in [0, 0.05) is 0 Å². The average molecular weight is 422 g/mol. The number of nitrogens with zero attached hydrogens (tertiary/aromatic N) is 1. The van der Waals surface area contributed by atoms with E-state index in [1.807, 2.05) is 36.4 Å². The van der Waals surface area contributed by atoms with Crippen LogP contribution in [0.1, 0.15) is 18.1 Å². The molecule has 1 heterocycles. The van der Waals surface area contributed by atoms with Crippen LogP contribution in [0.25, 0.3) is 16.8 Å². The van der Waals surface area contributed by atoms with E-state index in [2.05, 4.69) is 50.2 Å². The van der Waals surface area contributed by atoms with Crippen molar-refractivity contribution in [3.8, 4) is 5.75 Å². The lowest BCUT2D eigenvalue weighted by molar-refractivity contribution is -0.136. The molecular weight excluding hydrogens is 406 g/mol. The van der Waals surface area contributed by atoms with Crippen LogP contribution in [0.5, 0.6) is 5.75 Å². The predicted octanol–water partition coefficient (Wildman–Crippen LogP) is 5.50. The Morgan fingerprint density at radius 1 is 1.11 bits per heavy atom. The first-order valence-corrected chi connectivity index (χ1v) is 9.28. The van der Waals surface area contributed by atoms with Gasteiger partial charge in [-0.25, -0.2) is 4.79 Å². The largest absolute Gasteiger partial charge is 0.488 e. The molecule has 5 heteroatoms. The fourth-order valence-electron chi connectivity index (χ4n) is 2.98. The monoisotopic (exact) mass is 421 g/mol. The van der Waals surface area contributed by atoms with Crippen molar-refractivity contribution in [3.63, 3.8) is 0 Å². The molecule has 0 amide bonds. The minimum absolute atomic E-state index is 0.431. The fraction of sp³-hybridized carbons (Fsp3) is 0.0909. The lowest BCUT2D eigenvalue weighted by Gasteiger charge is -2.11. The van der Waals surface area contributed by atoms with Crippen molar-refractivity contribution in [3.05, 3.63) is 81.8 Å². The van der Waals surface area contributed by atoms with Gasteiger partial charge in [0.15, 0.2) is 0 Å². The highest BCUT2D eigenvalue weighted by Gasteiger charge is 2.21. The molecule has 0 fully saturated rings. The van der Waals surface area contributed by atoms with Crippen LogP contribution in [0.15, 0.2) is 75.9 Å². The number of oxime groups is 1. The Hall–Kier alpha value is -2.92. The number of ether oxygens (including phenoxy) is 1. The van der Waals surface area contributed by atoms with E-state index in [4.69, 9.17) is 4.74 Å². The van der Waals surface area contributed by atoms with Gasteiger partial charge in [0.1, 0.15) is 12.4 Å². The summed E-state index contributed by atoms with van der Waals surface area (Å²) in [6.07, 6.45) is 1.76. The molecule has 1 aliphatic rings. The van der Waals surface area contributed by atoms with E-state index >= 15 is 0 Å². The van der Waals surface area contributed by atoms with Crippen molar-refractivity contribution < 1.29 is 14.4 Å². The van der Waals surface area contributed by atoms with Gasteiger partial charge in [-0.3, -0.25) is 0 Å². The van der Waals surface area contributed by atoms with E-state index in [0.717, 1.165) is 21.3 Å². The molecule has 0 atom stereocenters. The minimum atomic E-state index is -0.431. The molecule has 3 aromatic carbocycles. The van der Waals surface area contributed by atoms with Crippen molar-refractivity contribution in [2.45, 2.75) is 13.5 Å². The minimum Gasteiger partial charge on any atom is -0.488 e. The van der Waals surface area contributed by atoms with Crippen LogP contribution in [-0.2, 0) is 16.2 Å². The standard InChI is InChI=1S/C22H16BrNO3/c1-14-19(22(25)27-24-14)11-15-9-10-21(20(23)12-15)26-13-17-7-4-6-16-5-2-3-8-18(16)17/h2-12H,13H2,1H3/b19-11+. The molecular formula is C22H16BrNO3. The van der Waals surface area contributed by atoms with Gasteiger partial charge in [-0.15, -0.1) is 0 Å². The van der Waals surface area contributed by atoms with E-state index in [-0.39, 0.29) is 0 Å². The highest BCUT2D eigenvalue weighted by molar-refractivity contribution is 9.10. The summed E-state index contributed by atoms with van der Waals surface area (Å²) in [6, 6.07) is 20.1. The van der Waals surface area contributed by atoms with E-state index < -0.39 is 5.97 Å². The van der Waals surface area contributed by atoms with Gasteiger partial charge >= 0.3 is 5.97 Å². The summed E-state index contributed by atoms with van der Waals surface area (Å²) in [6.45, 7) is 2.21. The molecule has 27 heavy (non-hydrogen) atoms. The number of benzene rings is 3. The molecule has 134 valence electrons. The topological polar surface area (TPSA) is 47.9 Å². The number of fused-ring (bicyclic) bond motifs is 1. The van der Waals surface area contributed by atoms with Crippen molar-refractivity contribution >= 4 is 44.5 Å². The second-order valence-corrected chi connectivity index (χ2v) is 7.08. The lowest BCUT2D eigenvalue weighted by atomic mass is 10.1. The molecule has 0 unspecified atom stereocenters. The van der Waals surface area contributed by atoms with Crippen LogP contribution in [0.3, 0.4) is 0 Å². The molecule has 4 nitrogen and oxygen atoms in total. The summed E-state index contributed by atoms with van der Waals surface area (Å²) < 4.78 is 6.83. The summed E-state index contributed by atoms with van der Waals surface area (Å²) in [7, 11) is 0. The molecule has 0 radical (unpaired) electrons. The average Bonchev–Trinajstić information content (AvgIpc) is 2.99. The van der Waals surface area contributed by atoms with Crippen LogP contribution in [0.4, 0.5) is 0 Å². The third kappa shape index (κ3) is 3.64. The van der Waals surface area contributed by atoms with E-state index in [9.17, 15) is 4.79 Å². The molecule has 0 N–H and O–H groups in total. The lowest BCUT2D eigenvalue weighted by Crippen LogP contribution is -2.01. The SMILES string of the molecule is CC1=NOC(=O)/C1=C/c1ccc(OCc2cccc3ccccc23)c(Br)c1. The zero-order valence-electron chi connectivity index (χ0n) is 14.6. The van der Waals surface area contributed by atoms with Crippen molar-refractivity contribution in [1.82, 2.24) is 0 Å². The Balaban J connectivity index is 1.54. The first kappa shape index (κ1) is 17.5. The quantitative estimate of drug-likeness (QED) is 0.412. The van der Waals surface area contributed by atoms with Crippen LogP contribution in [0, 0.1) is 0 Å². The third-order valence-electron chi connectivity index (χ3n) is 4.41. The molecule has 0 saturated heterocycles. The number of carbonyl (C=O) groups is 1. The van der Waals surface area contributed by atoms with Gasteiger partial charge in [-0.2, -0.15) is 0 Å². The zero-order chi connectivity index (χ0) is 18.8. The second-order valence-electron chi connectivity index (χ2n) is 6.23. The number of rotatable bonds is 4. The van der Waals surface area contributed by atoms with Crippen LogP contribution in [-0.4, -0.2) is 11.7 Å². The van der Waals surface area contributed by atoms with E-state index in [1.165, 1.54) is 10.8 Å². The summed E-state index contributed by atoms with van der Waals surface area (Å²) >= 11 is 3.55. The zero-order valence-corrected chi connectivity index (χ0v) is 16.2. The van der Waals surface area contributed by atoms with Gasteiger partial charge < -0.3 is 9.57 Å². The number of hydrogen-bond acceptors (Lipinski definition) is 4. The molecule has 0 saturated carbocycles. The third-order valence-corrected chi connectivity index (χ3v) is 5.02. The Kier molecular flexibility index (Phi) is 4.77. The van der Waals surface area contributed by atoms with E-state index in [1.54, 1.807) is 13.0 Å². The van der Waals surface area contributed by atoms with E-state index in [0.29, 0.717) is 17.9 Å². The van der Waals surface area contributed by atoms with Gasteiger partial charge in [-0.1, -0.05) is 53.7 Å². The number of halogens is 1. The molecule has 3 aromatic rings. The Bertz CT molecular complexity index is 1100. The van der Waals surface area contributed by atoms with Gasteiger partial charge in [-0.05, 0) is 63.0 Å². The molecule has 1 aliphatic heterocycles. The van der Waals surface area contributed by atoms with Crippen LogP contribution < -0.4 is 4.74 Å². The Morgan fingerprint density at radius 3 is 2.70 bits per heavy atom. The first-order chi connectivity index (χ1) is 13.1. The van der Waals surface area contributed by atoms with Crippen molar-refractivity contribution in [2.24, 2.45) is 5.16 Å². The summed E-state index contributed by atoms with van der Waals surface area (Å²) in [4.78, 5) is 16.3. The molecule has 4 rings (SSSR count). The Morgan fingerprint density at radius 2 is 1.93 bits per heavy atom. The fourth-order valence-corrected chi connectivity index (χ4v) is 3.49.